The standard InChI is InChI=1S/C15H17N3O/c1-15(2,3)12-6-4-5-11(14(12)19)9-17-13-7-8-16-10-18-13/h4-10,19H,1-3H3. The quantitative estimate of drug-likeness (QED) is 0.838. The largest absolute Gasteiger partial charge is 0.507 e. The number of aromatic nitrogens is 2. The lowest BCUT2D eigenvalue weighted by atomic mass is 9.85. The molecule has 0 aliphatic heterocycles. The van der Waals surface area contributed by atoms with Crippen LogP contribution in [0.4, 0.5) is 5.82 Å². The Bertz CT molecular complexity index is 586. The molecule has 1 N–H and O–H groups in total. The fourth-order valence-electron chi connectivity index (χ4n) is 1.77. The van der Waals surface area contributed by atoms with Crippen LogP contribution in [0, 0.1) is 0 Å². The van der Waals surface area contributed by atoms with Gasteiger partial charge in [-0.15, -0.1) is 0 Å². The third-order valence-corrected chi connectivity index (χ3v) is 2.78. The first-order valence-electron chi connectivity index (χ1n) is 6.11. The zero-order valence-corrected chi connectivity index (χ0v) is 11.3. The second-order valence-electron chi connectivity index (χ2n) is 5.32. The smallest absolute Gasteiger partial charge is 0.155 e. The molecule has 1 heterocycles. The third kappa shape index (κ3) is 3.16. The predicted octanol–water partition coefficient (Wildman–Crippen LogP) is 3.23. The van der Waals surface area contributed by atoms with Gasteiger partial charge in [0.15, 0.2) is 5.82 Å². The topological polar surface area (TPSA) is 58.4 Å². The molecule has 2 aromatic rings. The first-order chi connectivity index (χ1) is 8.98. The van der Waals surface area contributed by atoms with Gasteiger partial charge in [0.25, 0.3) is 0 Å². The molecule has 0 fully saturated rings. The fraction of sp³-hybridized carbons (Fsp3) is 0.267. The van der Waals surface area contributed by atoms with Crippen LogP contribution in [0.5, 0.6) is 5.75 Å². The van der Waals surface area contributed by atoms with Gasteiger partial charge in [0.05, 0.1) is 0 Å². The van der Waals surface area contributed by atoms with E-state index in [4.69, 9.17) is 0 Å². The number of hydrogen-bond acceptors (Lipinski definition) is 4. The summed E-state index contributed by atoms with van der Waals surface area (Å²) in [7, 11) is 0. The highest BCUT2D eigenvalue weighted by molar-refractivity contribution is 5.85. The third-order valence-electron chi connectivity index (χ3n) is 2.78. The summed E-state index contributed by atoms with van der Waals surface area (Å²) < 4.78 is 0. The van der Waals surface area contributed by atoms with E-state index in [0.29, 0.717) is 11.4 Å². The van der Waals surface area contributed by atoms with Crippen molar-refractivity contribution in [2.24, 2.45) is 4.99 Å². The van der Waals surface area contributed by atoms with Crippen molar-refractivity contribution in [3.8, 4) is 5.75 Å². The van der Waals surface area contributed by atoms with Crippen LogP contribution in [0.2, 0.25) is 0 Å². The second kappa shape index (κ2) is 5.18. The van der Waals surface area contributed by atoms with Crippen molar-refractivity contribution in [1.29, 1.82) is 0 Å². The zero-order valence-electron chi connectivity index (χ0n) is 11.3. The fourth-order valence-corrected chi connectivity index (χ4v) is 1.77. The van der Waals surface area contributed by atoms with Gasteiger partial charge in [-0.3, -0.25) is 0 Å². The molecule has 0 atom stereocenters. The van der Waals surface area contributed by atoms with Crippen LogP contribution in [0.15, 0.2) is 41.8 Å². The summed E-state index contributed by atoms with van der Waals surface area (Å²) in [4.78, 5) is 12.1. The maximum absolute atomic E-state index is 10.3. The van der Waals surface area contributed by atoms with Crippen molar-refractivity contribution >= 4 is 12.0 Å². The summed E-state index contributed by atoms with van der Waals surface area (Å²) in [5, 5.41) is 10.3. The highest BCUT2D eigenvalue weighted by atomic mass is 16.3. The van der Waals surface area contributed by atoms with E-state index in [-0.39, 0.29) is 11.2 Å². The van der Waals surface area contributed by atoms with Crippen molar-refractivity contribution in [3.05, 3.63) is 47.9 Å². The van der Waals surface area contributed by atoms with Gasteiger partial charge in [0.2, 0.25) is 0 Å². The molecule has 98 valence electrons. The molecule has 0 aliphatic rings. The number of aromatic hydroxyl groups is 1. The van der Waals surface area contributed by atoms with Crippen LogP contribution in [0.25, 0.3) is 0 Å². The average Bonchev–Trinajstić information content (AvgIpc) is 2.37. The van der Waals surface area contributed by atoms with Crippen LogP contribution in [0.1, 0.15) is 31.9 Å². The van der Waals surface area contributed by atoms with Crippen LogP contribution in [0.3, 0.4) is 0 Å². The number of phenols is 1. The average molecular weight is 255 g/mol. The summed E-state index contributed by atoms with van der Waals surface area (Å²) in [6.45, 7) is 6.19. The van der Waals surface area contributed by atoms with E-state index >= 15 is 0 Å². The van der Waals surface area contributed by atoms with E-state index in [1.807, 2.05) is 18.2 Å². The molecule has 4 heteroatoms. The van der Waals surface area contributed by atoms with Gasteiger partial charge in [0.1, 0.15) is 12.1 Å². The van der Waals surface area contributed by atoms with Gasteiger partial charge in [0, 0.05) is 24.0 Å². The number of benzene rings is 1. The second-order valence-corrected chi connectivity index (χ2v) is 5.32. The Labute approximate surface area is 112 Å². The molecule has 0 amide bonds. The Balaban J connectivity index is 2.34. The Hall–Kier alpha value is -2.23. The van der Waals surface area contributed by atoms with Crippen molar-refractivity contribution in [2.75, 3.05) is 0 Å². The lowest BCUT2D eigenvalue weighted by molar-refractivity contribution is 0.446. The molecule has 2 rings (SSSR count). The van der Waals surface area contributed by atoms with Gasteiger partial charge in [-0.2, -0.15) is 0 Å². The van der Waals surface area contributed by atoms with E-state index in [0.717, 1.165) is 5.56 Å². The molecule has 4 nitrogen and oxygen atoms in total. The Morgan fingerprint density at radius 1 is 1.21 bits per heavy atom. The molecule has 19 heavy (non-hydrogen) atoms. The number of hydrogen-bond donors (Lipinski definition) is 1. The lowest BCUT2D eigenvalue weighted by Crippen LogP contribution is -2.11. The van der Waals surface area contributed by atoms with Crippen molar-refractivity contribution in [2.45, 2.75) is 26.2 Å². The SMILES string of the molecule is CC(C)(C)c1cccc(C=Nc2ccncn2)c1O. The van der Waals surface area contributed by atoms with Crippen LogP contribution >= 0.6 is 0 Å². The first kappa shape index (κ1) is 13.2. The highest BCUT2D eigenvalue weighted by Gasteiger charge is 2.18. The number of para-hydroxylation sites is 1. The van der Waals surface area contributed by atoms with Crippen LogP contribution < -0.4 is 0 Å². The van der Waals surface area contributed by atoms with Gasteiger partial charge < -0.3 is 5.11 Å². The van der Waals surface area contributed by atoms with E-state index in [1.165, 1.54) is 6.33 Å². The summed E-state index contributed by atoms with van der Waals surface area (Å²) in [5.41, 5.74) is 1.48. The summed E-state index contributed by atoms with van der Waals surface area (Å²) in [6, 6.07) is 7.38. The Kier molecular flexibility index (Phi) is 3.60. The van der Waals surface area contributed by atoms with Crippen LogP contribution in [-0.4, -0.2) is 21.3 Å². The molecule has 1 aromatic carbocycles. The van der Waals surface area contributed by atoms with Crippen LogP contribution in [-0.2, 0) is 5.41 Å². The molecule has 0 radical (unpaired) electrons. The van der Waals surface area contributed by atoms with Gasteiger partial charge in [-0.05, 0) is 17.0 Å². The molecule has 0 bridgehead atoms. The van der Waals surface area contributed by atoms with E-state index < -0.39 is 0 Å². The molecule has 0 unspecified atom stereocenters. The minimum absolute atomic E-state index is 0.108. The van der Waals surface area contributed by atoms with E-state index in [9.17, 15) is 5.11 Å². The van der Waals surface area contributed by atoms with Gasteiger partial charge >= 0.3 is 0 Å². The monoisotopic (exact) mass is 255 g/mol. The Morgan fingerprint density at radius 3 is 2.63 bits per heavy atom. The summed E-state index contributed by atoms with van der Waals surface area (Å²) in [6.07, 6.45) is 4.69. The van der Waals surface area contributed by atoms with Crippen molar-refractivity contribution in [1.82, 2.24) is 9.97 Å². The summed E-state index contributed by atoms with van der Waals surface area (Å²) in [5.74, 6) is 0.836. The molecule has 0 aliphatic carbocycles. The number of rotatable bonds is 2. The molecule has 0 saturated carbocycles. The molecule has 1 aromatic heterocycles. The molecular formula is C15H17N3O. The molecule has 0 saturated heterocycles. The maximum atomic E-state index is 10.3. The normalized spacial score (nSPS) is 11.9. The number of aliphatic imine (C=N–C) groups is 1. The maximum Gasteiger partial charge on any atom is 0.155 e. The van der Waals surface area contributed by atoms with Crippen molar-refractivity contribution in [3.63, 3.8) is 0 Å². The summed E-state index contributed by atoms with van der Waals surface area (Å²) >= 11 is 0. The minimum atomic E-state index is -0.108. The lowest BCUT2D eigenvalue weighted by Gasteiger charge is -2.21. The molecule has 0 spiro atoms. The minimum Gasteiger partial charge on any atom is -0.507 e. The first-order valence-corrected chi connectivity index (χ1v) is 6.11. The Morgan fingerprint density at radius 2 is 2.00 bits per heavy atom. The number of phenolic OH excluding ortho intramolecular Hbond substituents is 1. The van der Waals surface area contributed by atoms with E-state index in [1.54, 1.807) is 18.5 Å². The zero-order chi connectivity index (χ0) is 13.9. The highest BCUT2D eigenvalue weighted by Crippen LogP contribution is 2.32. The van der Waals surface area contributed by atoms with Gasteiger partial charge in [-0.25, -0.2) is 15.0 Å². The molecular weight excluding hydrogens is 238 g/mol. The van der Waals surface area contributed by atoms with E-state index in [2.05, 4.69) is 35.7 Å². The van der Waals surface area contributed by atoms with Gasteiger partial charge in [-0.1, -0.05) is 32.9 Å². The predicted molar refractivity (Wildman–Crippen MR) is 76.1 cm³/mol. The van der Waals surface area contributed by atoms with Crippen molar-refractivity contribution < 1.29 is 5.11 Å². The number of nitrogens with zero attached hydrogens (tertiary/aromatic N) is 3.